The topological polar surface area (TPSA) is 265 Å². The lowest BCUT2D eigenvalue weighted by Crippen LogP contribution is -2.59. The number of unbranched alkanes of at least 4 members (excludes halogenated alkanes) is 10. The van der Waals surface area contributed by atoms with E-state index >= 15 is 0 Å². The first-order valence-corrected chi connectivity index (χ1v) is 25.8. The minimum atomic E-state index is -0.903. The molecule has 15 atom stereocenters. The molecule has 0 amide bonds. The summed E-state index contributed by atoms with van der Waals surface area (Å²) < 4.78 is 34.5. The van der Waals surface area contributed by atoms with Crippen LogP contribution >= 0.6 is 0 Å². The lowest BCUT2D eigenvalue weighted by Gasteiger charge is -2.48. The smallest absolute Gasteiger partial charge is 0.330 e. The zero-order valence-electron chi connectivity index (χ0n) is 42.3. The number of carboxylic acids is 2. The van der Waals surface area contributed by atoms with Crippen LogP contribution in [0.5, 0.6) is 0 Å². The molecule has 4 saturated heterocycles. The second-order valence-electron chi connectivity index (χ2n) is 20.4. The highest BCUT2D eigenvalue weighted by Gasteiger charge is 2.49. The number of hydrogen-bond donors (Lipinski definition) is 7. The number of ether oxygens (including phenoxy) is 6. The Hall–Kier alpha value is -3.00. The molecule has 4 fully saturated rings. The summed E-state index contributed by atoms with van der Waals surface area (Å²) in [4.78, 5) is 45.2. The highest BCUT2D eigenvalue weighted by atomic mass is 16.6. The minimum Gasteiger partial charge on any atom is -0.481 e. The summed E-state index contributed by atoms with van der Waals surface area (Å²) in [7, 11) is 0. The normalized spacial score (nSPS) is 29.9. The standard InChI is InChI=1S/C26H44O9.C26H44O8/c1-16(13-23(31)33-11-9-7-5-4-6-8-10-22(29)30)12-21-24(32)26-19(15-34-21)14-20(28)25(35-26)17(2)18(3)27;1-17(13-24(30)32-11-9-7-5-4-6-8-10-23(28)29)12-22-25(31)26-20(16-33-22)15-21(34-26)14-18(2)19(3)27/h13,17-21,24-28,32H,4-12,14-15H2,1-3H3,(H,29,30);13,18-22,25-27,31H,4-12,14-16H2,1-3H3,(H,28,29)/b16-13+;17-13+/t17-,18?,19-,20-,21-,24-,25+,26+;18-,19+,20-,21-,22-,25-,26+/m00/s1. The summed E-state index contributed by atoms with van der Waals surface area (Å²) in [5, 5.41) is 69.0. The van der Waals surface area contributed by atoms with Crippen molar-refractivity contribution in [3.63, 3.8) is 0 Å². The lowest BCUT2D eigenvalue weighted by atomic mass is 9.80. The van der Waals surface area contributed by atoms with Gasteiger partial charge in [-0.3, -0.25) is 9.59 Å². The quantitative estimate of drug-likeness (QED) is 0.0249. The van der Waals surface area contributed by atoms with E-state index in [1.165, 1.54) is 12.2 Å². The number of aliphatic hydroxyl groups is 5. The molecule has 4 aliphatic rings. The number of rotatable bonds is 29. The van der Waals surface area contributed by atoms with Gasteiger partial charge in [0.2, 0.25) is 0 Å². The van der Waals surface area contributed by atoms with Crippen molar-refractivity contribution in [3.05, 3.63) is 23.3 Å². The molecule has 69 heavy (non-hydrogen) atoms. The number of aliphatic hydroxyl groups excluding tert-OH is 5. The van der Waals surface area contributed by atoms with Crippen LogP contribution in [0.25, 0.3) is 0 Å². The molecule has 398 valence electrons. The Morgan fingerprint density at radius 1 is 0.594 bits per heavy atom. The van der Waals surface area contributed by atoms with Gasteiger partial charge in [0.05, 0.1) is 81.4 Å². The second-order valence-corrected chi connectivity index (χ2v) is 20.4. The highest BCUT2D eigenvalue weighted by molar-refractivity contribution is 5.83. The Morgan fingerprint density at radius 2 is 1.01 bits per heavy atom. The molecule has 0 aliphatic carbocycles. The van der Waals surface area contributed by atoms with Crippen LogP contribution < -0.4 is 0 Å². The average Bonchev–Trinajstić information content (AvgIpc) is 3.70. The van der Waals surface area contributed by atoms with Crippen LogP contribution in [-0.2, 0) is 47.6 Å². The maximum absolute atomic E-state index is 12.1. The number of aliphatic carboxylic acids is 2. The summed E-state index contributed by atoms with van der Waals surface area (Å²) in [5.41, 5.74) is 1.53. The first-order chi connectivity index (χ1) is 32.8. The molecule has 4 heterocycles. The van der Waals surface area contributed by atoms with Gasteiger partial charge in [0.25, 0.3) is 0 Å². The molecule has 7 N–H and O–H groups in total. The van der Waals surface area contributed by atoms with Crippen LogP contribution in [-0.4, -0.2) is 153 Å². The predicted octanol–water partition coefficient (Wildman–Crippen LogP) is 6.21. The van der Waals surface area contributed by atoms with Crippen LogP contribution in [0.1, 0.15) is 164 Å². The molecule has 0 saturated carbocycles. The Morgan fingerprint density at radius 3 is 1.45 bits per heavy atom. The lowest BCUT2D eigenvalue weighted by molar-refractivity contribution is -0.252. The van der Waals surface area contributed by atoms with E-state index in [9.17, 15) is 44.7 Å². The molecule has 17 heteroatoms. The number of fused-ring (bicyclic) bond motifs is 2. The number of carboxylic acid groups (broad SMARTS) is 2. The van der Waals surface area contributed by atoms with Crippen molar-refractivity contribution in [3.8, 4) is 0 Å². The van der Waals surface area contributed by atoms with Gasteiger partial charge in [0, 0.05) is 42.7 Å². The monoisotopic (exact) mass is 985 g/mol. The van der Waals surface area contributed by atoms with E-state index in [2.05, 4.69) is 0 Å². The largest absolute Gasteiger partial charge is 0.481 e. The summed E-state index contributed by atoms with van der Waals surface area (Å²) in [6.07, 6.45) is 11.2. The minimum absolute atomic E-state index is 0.0213. The Balaban J connectivity index is 0.000000365. The number of carbonyl (C=O) groups excluding carboxylic acids is 2. The molecule has 0 radical (unpaired) electrons. The van der Waals surface area contributed by atoms with Gasteiger partial charge in [-0.1, -0.05) is 76.4 Å². The number of esters is 2. The number of hydrogen-bond acceptors (Lipinski definition) is 15. The van der Waals surface area contributed by atoms with Crippen molar-refractivity contribution in [2.75, 3.05) is 26.4 Å². The van der Waals surface area contributed by atoms with E-state index in [-0.39, 0.29) is 60.8 Å². The third kappa shape index (κ3) is 22.5. The Labute approximate surface area is 410 Å². The predicted molar refractivity (Wildman–Crippen MR) is 256 cm³/mol. The van der Waals surface area contributed by atoms with Gasteiger partial charge >= 0.3 is 23.9 Å². The van der Waals surface area contributed by atoms with Crippen LogP contribution in [0.4, 0.5) is 0 Å². The average molecular weight is 985 g/mol. The molecule has 1 unspecified atom stereocenters. The second kappa shape index (κ2) is 32.2. The fourth-order valence-corrected chi connectivity index (χ4v) is 9.61. The van der Waals surface area contributed by atoms with Crippen molar-refractivity contribution in [1.29, 1.82) is 0 Å². The molecular weight excluding hydrogens is 897 g/mol. The fourth-order valence-electron chi connectivity index (χ4n) is 9.61. The van der Waals surface area contributed by atoms with Crippen molar-refractivity contribution in [1.82, 2.24) is 0 Å². The third-order valence-corrected chi connectivity index (χ3v) is 14.1. The molecule has 4 aliphatic heterocycles. The Kier molecular flexibility index (Phi) is 28.1. The summed E-state index contributed by atoms with van der Waals surface area (Å²) in [6.45, 7) is 12.5. The van der Waals surface area contributed by atoms with E-state index < -0.39 is 66.7 Å². The molecule has 0 aromatic heterocycles. The zero-order chi connectivity index (χ0) is 51.0. The van der Waals surface area contributed by atoms with E-state index in [0.717, 1.165) is 88.2 Å². The van der Waals surface area contributed by atoms with E-state index in [0.29, 0.717) is 58.5 Å². The third-order valence-electron chi connectivity index (χ3n) is 14.1. The van der Waals surface area contributed by atoms with Gasteiger partial charge in [-0.25, -0.2) is 9.59 Å². The first kappa shape index (κ1) is 60.3. The van der Waals surface area contributed by atoms with Crippen LogP contribution in [0.3, 0.4) is 0 Å². The molecule has 17 nitrogen and oxygen atoms in total. The summed E-state index contributed by atoms with van der Waals surface area (Å²) in [5.74, 6) is -2.41. The van der Waals surface area contributed by atoms with Crippen LogP contribution in [0.2, 0.25) is 0 Å². The van der Waals surface area contributed by atoms with Gasteiger partial charge in [0.1, 0.15) is 12.2 Å². The molecule has 0 aromatic rings. The SMILES string of the molecule is C/C(=C\C(=O)OCCCCCCCCC(=O)O)C[C@@H]1OC[C@@H]2C[C@H](C[C@H](C)[C@@H](C)O)O[C@H]2[C@H]1O.C/C(=C\C(=O)OCCCCCCCCC(=O)O)C[C@@H]1OC[C@@H]2C[C@H](O)[C@@H]([C@@H](C)C(C)O)O[C@H]2[C@H]1O. The van der Waals surface area contributed by atoms with E-state index in [1.54, 1.807) is 20.8 Å². The van der Waals surface area contributed by atoms with Gasteiger partial charge in [-0.2, -0.15) is 0 Å². The maximum Gasteiger partial charge on any atom is 0.330 e. The zero-order valence-corrected chi connectivity index (χ0v) is 42.3. The van der Waals surface area contributed by atoms with Crippen molar-refractivity contribution in [2.24, 2.45) is 23.7 Å². The van der Waals surface area contributed by atoms with Gasteiger partial charge < -0.3 is 64.2 Å². The fraction of sp³-hybridized carbons (Fsp3) is 0.846. The van der Waals surface area contributed by atoms with Crippen molar-refractivity contribution >= 4 is 23.9 Å². The van der Waals surface area contributed by atoms with Crippen LogP contribution in [0.15, 0.2) is 23.3 Å². The van der Waals surface area contributed by atoms with Gasteiger partial charge in [0.15, 0.2) is 0 Å². The Bertz CT molecular complexity index is 1580. The van der Waals surface area contributed by atoms with Crippen LogP contribution in [0, 0.1) is 23.7 Å². The van der Waals surface area contributed by atoms with Gasteiger partial charge in [-0.15, -0.1) is 0 Å². The van der Waals surface area contributed by atoms with Crippen molar-refractivity contribution < 1.29 is 83.3 Å². The van der Waals surface area contributed by atoms with E-state index in [4.69, 9.17) is 38.6 Å². The maximum atomic E-state index is 12.1. The van der Waals surface area contributed by atoms with Gasteiger partial charge in [-0.05, 0) is 91.4 Å². The van der Waals surface area contributed by atoms with Crippen molar-refractivity contribution in [2.45, 2.75) is 231 Å². The number of carbonyl (C=O) groups is 4. The van der Waals surface area contributed by atoms with E-state index in [1.807, 2.05) is 20.8 Å². The molecule has 4 rings (SSSR count). The molecule has 0 aromatic carbocycles. The summed E-state index contributed by atoms with van der Waals surface area (Å²) in [6, 6.07) is 0. The molecular formula is C52H88O17. The highest BCUT2D eigenvalue weighted by Crippen LogP contribution is 2.39. The molecule has 0 spiro atoms. The molecule has 0 bridgehead atoms. The summed E-state index contributed by atoms with van der Waals surface area (Å²) >= 11 is 0. The first-order valence-electron chi connectivity index (χ1n) is 25.8.